The van der Waals surface area contributed by atoms with Crippen molar-refractivity contribution < 1.29 is 14.3 Å². The lowest BCUT2D eigenvalue weighted by Gasteiger charge is -2.10. The van der Waals surface area contributed by atoms with Crippen LogP contribution in [0.1, 0.15) is 17.5 Å². The molecule has 3 rings (SSSR count). The van der Waals surface area contributed by atoms with E-state index in [9.17, 15) is 9.59 Å². The second-order valence-electron chi connectivity index (χ2n) is 5.68. The quantitative estimate of drug-likeness (QED) is 0.556. The molecule has 1 aliphatic heterocycles. The van der Waals surface area contributed by atoms with Crippen molar-refractivity contribution in [1.82, 2.24) is 5.01 Å². The van der Waals surface area contributed by atoms with Gasteiger partial charge in [-0.25, -0.2) is 9.80 Å². The molecule has 26 heavy (non-hydrogen) atoms. The Balaban J connectivity index is 1.51. The highest BCUT2D eigenvalue weighted by atomic mass is 79.9. The van der Waals surface area contributed by atoms with Crippen LogP contribution < -0.4 is 0 Å². The van der Waals surface area contributed by atoms with Gasteiger partial charge in [0.1, 0.15) is 0 Å². The average Bonchev–Trinajstić information content (AvgIpc) is 3.15. The first-order valence-electron chi connectivity index (χ1n) is 8.15. The number of carbonyl (C=O) groups excluding carboxylic acids is 2. The van der Waals surface area contributed by atoms with E-state index in [1.54, 1.807) is 6.08 Å². The van der Waals surface area contributed by atoms with Gasteiger partial charge in [-0.2, -0.15) is 5.10 Å². The first-order chi connectivity index (χ1) is 12.6. The highest BCUT2D eigenvalue weighted by Crippen LogP contribution is 2.14. The Labute approximate surface area is 160 Å². The SMILES string of the molecule is O=C(/C=C/c1cccc(Br)c1)OCC(=O)N1CCC(c2ccccc2)=N1. The molecule has 5 nitrogen and oxygen atoms in total. The molecule has 1 amide bonds. The smallest absolute Gasteiger partial charge is 0.331 e. The lowest BCUT2D eigenvalue weighted by atomic mass is 10.1. The number of esters is 1. The van der Waals surface area contributed by atoms with E-state index in [1.165, 1.54) is 11.1 Å². The largest absolute Gasteiger partial charge is 0.452 e. The van der Waals surface area contributed by atoms with Crippen molar-refractivity contribution in [3.8, 4) is 0 Å². The van der Waals surface area contributed by atoms with Crippen molar-refractivity contribution in [2.75, 3.05) is 13.2 Å². The minimum absolute atomic E-state index is 0.326. The third-order valence-corrected chi connectivity index (χ3v) is 4.29. The van der Waals surface area contributed by atoms with E-state index >= 15 is 0 Å². The van der Waals surface area contributed by atoms with Crippen LogP contribution in [0.4, 0.5) is 0 Å². The molecule has 2 aromatic rings. The molecule has 2 aromatic carbocycles. The third-order valence-electron chi connectivity index (χ3n) is 3.80. The standard InChI is InChI=1S/C20H17BrN2O3/c21-17-8-4-5-15(13-17)9-10-20(25)26-14-19(24)23-12-11-18(22-23)16-6-2-1-3-7-16/h1-10,13H,11-12,14H2/b10-9+. The lowest BCUT2D eigenvalue weighted by molar-refractivity contribution is -0.147. The number of halogens is 1. The first-order valence-corrected chi connectivity index (χ1v) is 8.95. The number of nitrogens with zero attached hydrogens (tertiary/aromatic N) is 2. The molecule has 0 aliphatic carbocycles. The molecule has 0 saturated carbocycles. The molecule has 0 aromatic heterocycles. The van der Waals surface area contributed by atoms with Crippen LogP contribution in [0, 0.1) is 0 Å². The van der Waals surface area contributed by atoms with E-state index < -0.39 is 5.97 Å². The van der Waals surface area contributed by atoms with Crippen molar-refractivity contribution in [1.29, 1.82) is 0 Å². The van der Waals surface area contributed by atoms with Crippen LogP contribution in [0.25, 0.3) is 6.08 Å². The topological polar surface area (TPSA) is 59.0 Å². The summed E-state index contributed by atoms with van der Waals surface area (Å²) in [6.07, 6.45) is 3.63. The maximum atomic E-state index is 12.2. The van der Waals surface area contributed by atoms with E-state index in [0.29, 0.717) is 13.0 Å². The van der Waals surface area contributed by atoms with Crippen LogP contribution in [0.15, 0.2) is 70.2 Å². The summed E-state index contributed by atoms with van der Waals surface area (Å²) < 4.78 is 5.93. The molecule has 0 bridgehead atoms. The van der Waals surface area contributed by atoms with Gasteiger partial charge in [0.15, 0.2) is 6.61 Å². The molecule has 0 atom stereocenters. The minimum atomic E-state index is -0.565. The van der Waals surface area contributed by atoms with Crippen molar-refractivity contribution >= 4 is 39.6 Å². The molecule has 0 saturated heterocycles. The van der Waals surface area contributed by atoms with Crippen molar-refractivity contribution in [3.63, 3.8) is 0 Å². The molecule has 1 heterocycles. The molecule has 0 spiro atoms. The van der Waals surface area contributed by atoms with Gasteiger partial charge in [0.2, 0.25) is 0 Å². The summed E-state index contributed by atoms with van der Waals surface area (Å²) in [6.45, 7) is 0.168. The Bertz CT molecular complexity index is 862. The van der Waals surface area contributed by atoms with Crippen molar-refractivity contribution in [2.24, 2.45) is 5.10 Å². The molecular weight excluding hydrogens is 396 g/mol. The van der Waals surface area contributed by atoms with Crippen LogP contribution in [-0.2, 0) is 14.3 Å². The van der Waals surface area contributed by atoms with Crippen LogP contribution in [-0.4, -0.2) is 35.7 Å². The zero-order chi connectivity index (χ0) is 18.4. The lowest BCUT2D eigenvalue weighted by Crippen LogP contribution is -2.28. The van der Waals surface area contributed by atoms with Gasteiger partial charge in [0.05, 0.1) is 12.3 Å². The summed E-state index contributed by atoms with van der Waals surface area (Å²) >= 11 is 3.37. The Morgan fingerprint density at radius 3 is 2.73 bits per heavy atom. The van der Waals surface area contributed by atoms with E-state index in [-0.39, 0.29) is 12.5 Å². The number of carbonyl (C=O) groups is 2. The zero-order valence-electron chi connectivity index (χ0n) is 14.0. The Morgan fingerprint density at radius 1 is 1.15 bits per heavy atom. The van der Waals surface area contributed by atoms with Crippen molar-refractivity contribution in [3.05, 3.63) is 76.3 Å². The number of benzene rings is 2. The molecule has 6 heteroatoms. The molecular formula is C20H17BrN2O3. The van der Waals surface area contributed by atoms with Crippen LogP contribution >= 0.6 is 15.9 Å². The zero-order valence-corrected chi connectivity index (χ0v) is 15.6. The highest BCUT2D eigenvalue weighted by molar-refractivity contribution is 9.10. The van der Waals surface area contributed by atoms with E-state index in [0.717, 1.165) is 21.3 Å². The second-order valence-corrected chi connectivity index (χ2v) is 6.59. The molecule has 0 fully saturated rings. The van der Waals surface area contributed by atoms with Gasteiger partial charge in [-0.05, 0) is 29.3 Å². The van der Waals surface area contributed by atoms with Crippen LogP contribution in [0.2, 0.25) is 0 Å². The van der Waals surface area contributed by atoms with Gasteiger partial charge in [-0.3, -0.25) is 4.79 Å². The third kappa shape index (κ3) is 4.89. The Hall–Kier alpha value is -2.73. The number of hydrazone groups is 1. The van der Waals surface area contributed by atoms with Gasteiger partial charge in [0.25, 0.3) is 5.91 Å². The maximum absolute atomic E-state index is 12.2. The molecule has 132 valence electrons. The molecule has 0 radical (unpaired) electrons. The Kier molecular flexibility index (Phi) is 5.96. The summed E-state index contributed by atoms with van der Waals surface area (Å²) in [4.78, 5) is 23.9. The highest BCUT2D eigenvalue weighted by Gasteiger charge is 2.22. The minimum Gasteiger partial charge on any atom is -0.452 e. The number of rotatable bonds is 5. The summed E-state index contributed by atoms with van der Waals surface area (Å²) in [5.74, 6) is -0.898. The summed E-state index contributed by atoms with van der Waals surface area (Å²) in [5, 5.41) is 5.68. The van der Waals surface area contributed by atoms with E-state index in [4.69, 9.17) is 4.74 Å². The normalized spacial score (nSPS) is 13.7. The number of amides is 1. The number of hydrogen-bond donors (Lipinski definition) is 0. The predicted octanol–water partition coefficient (Wildman–Crippen LogP) is 3.64. The number of hydrogen-bond acceptors (Lipinski definition) is 4. The van der Waals surface area contributed by atoms with Gasteiger partial charge in [0, 0.05) is 17.0 Å². The predicted molar refractivity (Wildman–Crippen MR) is 103 cm³/mol. The van der Waals surface area contributed by atoms with Gasteiger partial charge >= 0.3 is 5.97 Å². The molecule has 1 aliphatic rings. The van der Waals surface area contributed by atoms with Gasteiger partial charge in [-0.1, -0.05) is 58.4 Å². The van der Waals surface area contributed by atoms with Gasteiger partial charge in [-0.15, -0.1) is 0 Å². The van der Waals surface area contributed by atoms with E-state index in [2.05, 4.69) is 21.0 Å². The van der Waals surface area contributed by atoms with Crippen molar-refractivity contribution in [2.45, 2.75) is 6.42 Å². The molecule has 0 N–H and O–H groups in total. The van der Waals surface area contributed by atoms with E-state index in [1.807, 2.05) is 54.6 Å². The number of ether oxygens (including phenoxy) is 1. The van der Waals surface area contributed by atoms with Crippen LogP contribution in [0.3, 0.4) is 0 Å². The fourth-order valence-electron chi connectivity index (χ4n) is 2.50. The second kappa shape index (κ2) is 8.58. The first kappa shape index (κ1) is 18.1. The monoisotopic (exact) mass is 412 g/mol. The fraction of sp³-hybridized carbons (Fsp3) is 0.150. The fourth-order valence-corrected chi connectivity index (χ4v) is 2.92. The summed E-state index contributed by atoms with van der Waals surface area (Å²) in [5.41, 5.74) is 2.72. The summed E-state index contributed by atoms with van der Waals surface area (Å²) in [7, 11) is 0. The maximum Gasteiger partial charge on any atom is 0.331 e. The van der Waals surface area contributed by atoms with Gasteiger partial charge < -0.3 is 4.74 Å². The van der Waals surface area contributed by atoms with Crippen LogP contribution in [0.5, 0.6) is 0 Å². The molecule has 0 unspecified atom stereocenters. The Morgan fingerprint density at radius 2 is 1.96 bits per heavy atom. The summed E-state index contributed by atoms with van der Waals surface area (Å²) in [6, 6.07) is 17.2. The average molecular weight is 413 g/mol.